The first-order chi connectivity index (χ1) is 12.3. The van der Waals surface area contributed by atoms with E-state index >= 15 is 0 Å². The first kappa shape index (κ1) is 20.0. The molecular weight excluding hydrogens is 348 g/mol. The van der Waals surface area contributed by atoms with Gasteiger partial charge < -0.3 is 5.32 Å². The van der Waals surface area contributed by atoms with Crippen molar-refractivity contribution in [2.24, 2.45) is 0 Å². The van der Waals surface area contributed by atoms with E-state index in [1.165, 1.54) is 6.07 Å². The molecule has 0 atom stereocenters. The maximum absolute atomic E-state index is 12.7. The van der Waals surface area contributed by atoms with Crippen molar-refractivity contribution in [3.63, 3.8) is 0 Å². The predicted molar refractivity (Wildman–Crippen MR) is 105 cm³/mol. The second kappa shape index (κ2) is 8.85. The van der Waals surface area contributed by atoms with Gasteiger partial charge in [0.1, 0.15) is 0 Å². The SMILES string of the molecule is CCCCCNC(=O)c1ccc(C)c(S(=O)(=O)Nc2ccc(C)cc2)c1. The number of rotatable bonds is 8. The van der Waals surface area contributed by atoms with Gasteiger partial charge in [0.2, 0.25) is 0 Å². The highest BCUT2D eigenvalue weighted by atomic mass is 32.2. The Bertz CT molecular complexity index is 859. The fourth-order valence-electron chi connectivity index (χ4n) is 2.54. The zero-order valence-electron chi connectivity index (χ0n) is 15.5. The summed E-state index contributed by atoms with van der Waals surface area (Å²) in [6.45, 7) is 6.34. The number of hydrogen-bond donors (Lipinski definition) is 2. The third-order valence-corrected chi connectivity index (χ3v) is 5.63. The van der Waals surface area contributed by atoms with Crippen LogP contribution in [0.15, 0.2) is 47.4 Å². The highest BCUT2D eigenvalue weighted by Crippen LogP contribution is 2.21. The third-order valence-electron chi connectivity index (χ3n) is 4.11. The van der Waals surface area contributed by atoms with Crippen LogP contribution in [0.1, 0.15) is 47.7 Å². The van der Waals surface area contributed by atoms with Crippen LogP contribution in [-0.4, -0.2) is 20.9 Å². The molecule has 2 aromatic rings. The average Bonchev–Trinajstić information content (AvgIpc) is 2.60. The Morgan fingerprint density at radius 3 is 2.35 bits per heavy atom. The van der Waals surface area contributed by atoms with Gasteiger partial charge in [-0.15, -0.1) is 0 Å². The van der Waals surface area contributed by atoms with Crippen LogP contribution in [0, 0.1) is 13.8 Å². The maximum atomic E-state index is 12.7. The molecule has 0 radical (unpaired) electrons. The van der Waals surface area contributed by atoms with Gasteiger partial charge in [0.25, 0.3) is 15.9 Å². The van der Waals surface area contributed by atoms with Crippen LogP contribution in [0.5, 0.6) is 0 Å². The fourth-order valence-corrected chi connectivity index (χ4v) is 3.87. The summed E-state index contributed by atoms with van der Waals surface area (Å²) in [5.74, 6) is -0.257. The molecule has 0 aliphatic heterocycles. The minimum Gasteiger partial charge on any atom is -0.352 e. The smallest absolute Gasteiger partial charge is 0.262 e. The van der Waals surface area contributed by atoms with Gasteiger partial charge in [-0.05, 0) is 50.1 Å². The molecule has 2 rings (SSSR count). The molecule has 0 aromatic heterocycles. The first-order valence-electron chi connectivity index (χ1n) is 8.82. The van der Waals surface area contributed by atoms with E-state index in [0.717, 1.165) is 24.8 Å². The van der Waals surface area contributed by atoms with Crippen LogP contribution < -0.4 is 10.0 Å². The number of hydrogen-bond acceptors (Lipinski definition) is 3. The minimum atomic E-state index is -3.77. The molecule has 0 aliphatic carbocycles. The zero-order chi connectivity index (χ0) is 19.2. The summed E-state index contributed by atoms with van der Waals surface area (Å²) in [6, 6.07) is 11.8. The van der Waals surface area contributed by atoms with Gasteiger partial charge in [0.15, 0.2) is 0 Å². The summed E-state index contributed by atoms with van der Waals surface area (Å²) in [6.07, 6.45) is 3.04. The van der Waals surface area contributed by atoms with Gasteiger partial charge in [0, 0.05) is 17.8 Å². The van der Waals surface area contributed by atoms with Gasteiger partial charge in [-0.1, -0.05) is 43.5 Å². The van der Waals surface area contributed by atoms with E-state index in [4.69, 9.17) is 0 Å². The molecule has 2 N–H and O–H groups in total. The molecular formula is C20H26N2O3S. The average molecular weight is 375 g/mol. The van der Waals surface area contributed by atoms with Crippen molar-refractivity contribution in [3.05, 3.63) is 59.2 Å². The number of unbranched alkanes of at least 4 members (excludes halogenated alkanes) is 2. The third kappa shape index (κ3) is 5.33. The van der Waals surface area contributed by atoms with Crippen LogP contribution in [0.4, 0.5) is 5.69 Å². The van der Waals surface area contributed by atoms with E-state index in [2.05, 4.69) is 17.0 Å². The number of anilines is 1. The van der Waals surface area contributed by atoms with E-state index in [9.17, 15) is 13.2 Å². The van der Waals surface area contributed by atoms with Crippen molar-refractivity contribution in [1.29, 1.82) is 0 Å². The lowest BCUT2D eigenvalue weighted by molar-refractivity contribution is 0.0952. The molecule has 0 bridgehead atoms. The maximum Gasteiger partial charge on any atom is 0.262 e. The summed E-state index contributed by atoms with van der Waals surface area (Å²) in [4.78, 5) is 12.4. The summed E-state index contributed by atoms with van der Waals surface area (Å²) in [7, 11) is -3.77. The van der Waals surface area contributed by atoms with E-state index in [0.29, 0.717) is 23.4 Å². The lowest BCUT2D eigenvalue weighted by atomic mass is 10.1. The van der Waals surface area contributed by atoms with Crippen LogP contribution in [0.2, 0.25) is 0 Å². The second-order valence-corrected chi connectivity index (χ2v) is 8.07. The first-order valence-corrected chi connectivity index (χ1v) is 10.3. The quantitative estimate of drug-likeness (QED) is 0.685. The Labute approximate surface area is 155 Å². The van der Waals surface area contributed by atoms with Crippen molar-refractivity contribution in [3.8, 4) is 0 Å². The van der Waals surface area contributed by atoms with Crippen molar-refractivity contribution < 1.29 is 13.2 Å². The van der Waals surface area contributed by atoms with Crippen molar-refractivity contribution in [2.45, 2.75) is 44.9 Å². The summed E-state index contributed by atoms with van der Waals surface area (Å²) in [5, 5.41) is 2.83. The predicted octanol–water partition coefficient (Wildman–Crippen LogP) is 4.02. The Hall–Kier alpha value is -2.34. The molecule has 0 saturated carbocycles. The molecule has 1 amide bonds. The minimum absolute atomic E-state index is 0.110. The summed E-state index contributed by atoms with van der Waals surface area (Å²) >= 11 is 0. The van der Waals surface area contributed by atoms with E-state index in [-0.39, 0.29) is 10.8 Å². The molecule has 0 heterocycles. The Balaban J connectivity index is 2.19. The highest BCUT2D eigenvalue weighted by molar-refractivity contribution is 7.92. The van der Waals surface area contributed by atoms with Crippen LogP contribution >= 0.6 is 0 Å². The number of nitrogens with one attached hydrogen (secondary N) is 2. The van der Waals surface area contributed by atoms with Crippen molar-refractivity contribution in [2.75, 3.05) is 11.3 Å². The topological polar surface area (TPSA) is 75.3 Å². The monoisotopic (exact) mass is 374 g/mol. The lowest BCUT2D eigenvalue weighted by Crippen LogP contribution is -2.25. The number of amides is 1. The van der Waals surface area contributed by atoms with Crippen molar-refractivity contribution in [1.82, 2.24) is 5.32 Å². The number of carbonyl (C=O) groups excluding carboxylic acids is 1. The molecule has 6 heteroatoms. The van der Waals surface area contributed by atoms with Crippen LogP contribution in [0.25, 0.3) is 0 Å². The normalized spacial score (nSPS) is 11.2. The van der Waals surface area contributed by atoms with Gasteiger partial charge in [-0.2, -0.15) is 0 Å². The van der Waals surface area contributed by atoms with E-state index in [1.54, 1.807) is 31.2 Å². The number of sulfonamides is 1. The zero-order valence-corrected chi connectivity index (χ0v) is 16.3. The Morgan fingerprint density at radius 1 is 1.00 bits per heavy atom. The standard InChI is InChI=1S/C20H26N2O3S/c1-4-5-6-13-21-20(23)17-10-9-16(3)19(14-17)26(24,25)22-18-11-7-15(2)8-12-18/h7-12,14,22H,4-6,13H2,1-3H3,(H,21,23). The molecule has 0 spiro atoms. The number of carbonyl (C=O) groups is 1. The second-order valence-electron chi connectivity index (χ2n) is 6.41. The van der Waals surface area contributed by atoms with Gasteiger partial charge in [0.05, 0.1) is 4.90 Å². The fraction of sp³-hybridized carbons (Fsp3) is 0.350. The number of aryl methyl sites for hydroxylation is 2. The molecule has 2 aromatic carbocycles. The summed E-state index contributed by atoms with van der Waals surface area (Å²) < 4.78 is 28.0. The molecule has 0 saturated heterocycles. The van der Waals surface area contributed by atoms with Crippen molar-refractivity contribution >= 4 is 21.6 Å². The van der Waals surface area contributed by atoms with Gasteiger partial charge in [-0.25, -0.2) is 8.42 Å². The molecule has 140 valence electrons. The molecule has 0 aliphatic rings. The van der Waals surface area contributed by atoms with Gasteiger partial charge >= 0.3 is 0 Å². The Kier molecular flexibility index (Phi) is 6.80. The largest absolute Gasteiger partial charge is 0.352 e. The highest BCUT2D eigenvalue weighted by Gasteiger charge is 2.19. The molecule has 0 fully saturated rings. The van der Waals surface area contributed by atoms with E-state index < -0.39 is 10.0 Å². The number of benzene rings is 2. The summed E-state index contributed by atoms with van der Waals surface area (Å²) in [5.41, 5.74) is 2.47. The Morgan fingerprint density at radius 2 is 1.69 bits per heavy atom. The lowest BCUT2D eigenvalue weighted by Gasteiger charge is -2.12. The van der Waals surface area contributed by atoms with E-state index in [1.807, 2.05) is 19.1 Å². The molecule has 26 heavy (non-hydrogen) atoms. The molecule has 5 nitrogen and oxygen atoms in total. The molecule has 0 unspecified atom stereocenters. The van der Waals surface area contributed by atoms with Gasteiger partial charge in [-0.3, -0.25) is 9.52 Å². The van der Waals surface area contributed by atoms with Crippen LogP contribution in [0.3, 0.4) is 0 Å². The van der Waals surface area contributed by atoms with Crippen LogP contribution in [-0.2, 0) is 10.0 Å².